The highest BCUT2D eigenvalue weighted by Gasteiger charge is 2.34. The molecule has 2 rings (SSSR count). The van der Waals surface area contributed by atoms with E-state index in [4.69, 9.17) is 15.9 Å². The SMILES string of the molecule is C#C/C=C\C1=C(C)C(=O)c2oc(C(=O)CC(=O)O)cc2C1O. The van der Waals surface area contributed by atoms with Crippen LogP contribution >= 0.6 is 0 Å². The molecule has 0 spiro atoms. The predicted molar refractivity (Wildman–Crippen MR) is 75.3 cm³/mol. The van der Waals surface area contributed by atoms with E-state index in [0.717, 1.165) is 0 Å². The average Bonchev–Trinajstić information content (AvgIpc) is 2.90. The van der Waals surface area contributed by atoms with Crippen molar-refractivity contribution in [3.05, 3.63) is 46.4 Å². The molecule has 0 saturated heterocycles. The van der Waals surface area contributed by atoms with Gasteiger partial charge in [0.15, 0.2) is 11.5 Å². The zero-order valence-electron chi connectivity index (χ0n) is 11.6. The van der Waals surface area contributed by atoms with Crippen LogP contribution in [0.4, 0.5) is 0 Å². The standard InChI is InChI=1S/C16H12O6/c1-3-4-5-9-8(2)14(20)16-10(15(9)21)6-12(22-16)11(17)7-13(18)19/h1,4-6,15,21H,7H2,2H3,(H,18,19)/b5-4-. The first-order valence-electron chi connectivity index (χ1n) is 6.31. The summed E-state index contributed by atoms with van der Waals surface area (Å²) in [5.74, 6) is -0.730. The van der Waals surface area contributed by atoms with Gasteiger partial charge >= 0.3 is 5.97 Å². The fourth-order valence-electron chi connectivity index (χ4n) is 2.18. The van der Waals surface area contributed by atoms with E-state index < -0.39 is 30.1 Å². The van der Waals surface area contributed by atoms with E-state index in [2.05, 4.69) is 5.92 Å². The number of hydrogen-bond donors (Lipinski definition) is 2. The smallest absolute Gasteiger partial charge is 0.311 e. The number of rotatable bonds is 4. The summed E-state index contributed by atoms with van der Waals surface area (Å²) in [7, 11) is 0. The molecule has 0 fully saturated rings. The maximum absolute atomic E-state index is 12.2. The van der Waals surface area contributed by atoms with Gasteiger partial charge in [-0.05, 0) is 30.7 Å². The average molecular weight is 300 g/mol. The van der Waals surface area contributed by atoms with Crippen molar-refractivity contribution in [3.8, 4) is 12.3 Å². The molecule has 112 valence electrons. The van der Waals surface area contributed by atoms with Crippen LogP contribution in [0.5, 0.6) is 0 Å². The molecule has 0 aromatic carbocycles. The van der Waals surface area contributed by atoms with Gasteiger partial charge in [0, 0.05) is 11.1 Å². The Balaban J connectivity index is 2.45. The monoisotopic (exact) mass is 300 g/mol. The third-order valence-corrected chi connectivity index (χ3v) is 3.28. The van der Waals surface area contributed by atoms with Gasteiger partial charge in [0.25, 0.3) is 0 Å². The van der Waals surface area contributed by atoms with Crippen LogP contribution in [0.2, 0.25) is 0 Å². The molecule has 0 aliphatic heterocycles. The Morgan fingerprint density at radius 1 is 1.50 bits per heavy atom. The molecule has 1 aliphatic rings. The van der Waals surface area contributed by atoms with Crippen LogP contribution in [0.3, 0.4) is 0 Å². The van der Waals surface area contributed by atoms with Crippen LogP contribution in [0.25, 0.3) is 0 Å². The lowest BCUT2D eigenvalue weighted by Gasteiger charge is -2.19. The molecule has 1 atom stereocenters. The topological polar surface area (TPSA) is 105 Å². The summed E-state index contributed by atoms with van der Waals surface area (Å²) in [6, 6.07) is 1.19. The summed E-state index contributed by atoms with van der Waals surface area (Å²) in [4.78, 5) is 34.5. The molecule has 1 aliphatic carbocycles. The lowest BCUT2D eigenvalue weighted by Crippen LogP contribution is -2.16. The van der Waals surface area contributed by atoms with E-state index in [1.807, 2.05) is 0 Å². The van der Waals surface area contributed by atoms with Gasteiger partial charge in [-0.2, -0.15) is 0 Å². The first-order valence-corrected chi connectivity index (χ1v) is 6.31. The second-order valence-corrected chi connectivity index (χ2v) is 4.70. The van der Waals surface area contributed by atoms with Crippen molar-refractivity contribution in [2.24, 2.45) is 0 Å². The Morgan fingerprint density at radius 2 is 2.18 bits per heavy atom. The highest BCUT2D eigenvalue weighted by molar-refractivity contribution is 6.11. The molecule has 1 heterocycles. The van der Waals surface area contributed by atoms with Gasteiger partial charge in [-0.1, -0.05) is 5.92 Å². The van der Waals surface area contributed by atoms with Crippen molar-refractivity contribution in [1.82, 2.24) is 0 Å². The van der Waals surface area contributed by atoms with E-state index in [-0.39, 0.29) is 22.7 Å². The van der Waals surface area contributed by atoms with Crippen molar-refractivity contribution in [2.75, 3.05) is 0 Å². The van der Waals surface area contributed by atoms with Crippen LogP contribution < -0.4 is 0 Å². The number of carbonyl (C=O) groups excluding carboxylic acids is 2. The molecule has 1 unspecified atom stereocenters. The van der Waals surface area contributed by atoms with Gasteiger partial charge < -0.3 is 14.6 Å². The number of Topliss-reactive ketones (excluding diaryl/α,β-unsaturated/α-hetero) is 2. The highest BCUT2D eigenvalue weighted by atomic mass is 16.4. The summed E-state index contributed by atoms with van der Waals surface area (Å²) < 4.78 is 5.15. The van der Waals surface area contributed by atoms with Crippen LogP contribution in [0.1, 0.15) is 46.1 Å². The van der Waals surface area contributed by atoms with E-state index >= 15 is 0 Å². The minimum absolute atomic E-state index is 0.126. The van der Waals surface area contributed by atoms with Crippen molar-refractivity contribution in [3.63, 3.8) is 0 Å². The summed E-state index contributed by atoms with van der Waals surface area (Å²) in [6.45, 7) is 1.51. The number of carboxylic acids is 1. The normalized spacial score (nSPS) is 17.5. The molecule has 22 heavy (non-hydrogen) atoms. The summed E-state index contributed by atoms with van der Waals surface area (Å²) in [5.41, 5.74) is 0.688. The van der Waals surface area contributed by atoms with Crippen molar-refractivity contribution in [1.29, 1.82) is 0 Å². The molecule has 0 saturated carbocycles. The third kappa shape index (κ3) is 2.62. The van der Waals surface area contributed by atoms with Crippen LogP contribution in [0, 0.1) is 12.3 Å². The van der Waals surface area contributed by atoms with Gasteiger partial charge in [-0.15, -0.1) is 6.42 Å². The Morgan fingerprint density at radius 3 is 2.77 bits per heavy atom. The lowest BCUT2D eigenvalue weighted by molar-refractivity contribution is -0.135. The first-order chi connectivity index (χ1) is 10.4. The highest BCUT2D eigenvalue weighted by Crippen LogP contribution is 2.37. The molecule has 6 nitrogen and oxygen atoms in total. The van der Waals surface area contributed by atoms with Gasteiger partial charge in [-0.25, -0.2) is 0 Å². The largest absolute Gasteiger partial charge is 0.481 e. The molecular weight excluding hydrogens is 288 g/mol. The molecule has 0 radical (unpaired) electrons. The van der Waals surface area contributed by atoms with E-state index in [9.17, 15) is 19.5 Å². The Kier molecular flexibility index (Phi) is 4.11. The number of hydrogen-bond acceptors (Lipinski definition) is 5. The fraction of sp³-hybridized carbons (Fsp3) is 0.188. The summed E-state index contributed by atoms with van der Waals surface area (Å²) in [5, 5.41) is 18.9. The van der Waals surface area contributed by atoms with Crippen molar-refractivity contribution in [2.45, 2.75) is 19.4 Å². The molecule has 0 bridgehead atoms. The van der Waals surface area contributed by atoms with Gasteiger partial charge in [-0.3, -0.25) is 14.4 Å². The van der Waals surface area contributed by atoms with Crippen molar-refractivity contribution < 1.29 is 29.0 Å². The molecule has 1 aromatic rings. The number of carbonyl (C=O) groups is 3. The van der Waals surface area contributed by atoms with Crippen LogP contribution in [-0.2, 0) is 4.79 Å². The quantitative estimate of drug-likeness (QED) is 0.498. The summed E-state index contributed by atoms with van der Waals surface area (Å²) >= 11 is 0. The number of allylic oxidation sites excluding steroid dienone is 2. The number of carboxylic acid groups (broad SMARTS) is 1. The maximum atomic E-state index is 12.2. The fourth-order valence-corrected chi connectivity index (χ4v) is 2.18. The molecular formula is C16H12O6. The van der Waals surface area contributed by atoms with Gasteiger partial charge in [0.1, 0.15) is 12.5 Å². The number of ketones is 2. The van der Waals surface area contributed by atoms with Gasteiger partial charge in [0.05, 0.1) is 0 Å². The molecule has 2 N–H and O–H groups in total. The third-order valence-electron chi connectivity index (χ3n) is 3.28. The summed E-state index contributed by atoms with van der Waals surface area (Å²) in [6.07, 6.45) is 5.96. The lowest BCUT2D eigenvalue weighted by atomic mass is 9.87. The van der Waals surface area contributed by atoms with Crippen molar-refractivity contribution >= 4 is 17.5 Å². The molecule has 1 aromatic heterocycles. The van der Waals surface area contributed by atoms with Crippen LogP contribution in [0.15, 0.2) is 33.8 Å². The predicted octanol–water partition coefficient (Wildman–Crippen LogP) is 1.67. The zero-order chi connectivity index (χ0) is 16.4. The van der Waals surface area contributed by atoms with E-state index in [1.165, 1.54) is 25.1 Å². The number of aliphatic carboxylic acids is 1. The minimum Gasteiger partial charge on any atom is -0.481 e. The van der Waals surface area contributed by atoms with Gasteiger partial charge in [0.2, 0.25) is 11.6 Å². The molecule has 0 amide bonds. The first kappa shape index (κ1) is 15.5. The van der Waals surface area contributed by atoms with E-state index in [0.29, 0.717) is 5.57 Å². The van der Waals surface area contributed by atoms with Crippen LogP contribution in [-0.4, -0.2) is 27.7 Å². The number of aliphatic hydroxyl groups excluding tert-OH is 1. The second-order valence-electron chi connectivity index (χ2n) is 4.70. The molecule has 6 heteroatoms. The number of furan rings is 1. The number of terminal acetylenes is 1. The van der Waals surface area contributed by atoms with E-state index in [1.54, 1.807) is 0 Å². The Hall–Kier alpha value is -2.91. The number of fused-ring (bicyclic) bond motifs is 1. The number of aliphatic hydroxyl groups is 1. The zero-order valence-corrected chi connectivity index (χ0v) is 11.6. The maximum Gasteiger partial charge on any atom is 0.311 e. The second kappa shape index (κ2) is 5.84. The minimum atomic E-state index is -1.31. The Bertz CT molecular complexity index is 769. The Labute approximate surface area is 125 Å².